The summed E-state index contributed by atoms with van der Waals surface area (Å²) >= 11 is 0. The highest BCUT2D eigenvalue weighted by Crippen LogP contribution is 2.37. The monoisotopic (exact) mass is 473 g/mol. The maximum absolute atomic E-state index is 13.1. The minimum atomic E-state index is -1.33. The lowest BCUT2D eigenvalue weighted by molar-refractivity contribution is -0.133. The number of anilines is 1. The second-order valence-corrected chi connectivity index (χ2v) is 8.51. The topological polar surface area (TPSA) is 106 Å². The maximum atomic E-state index is 13.1. The first-order valence-corrected chi connectivity index (χ1v) is 11.0. The number of aryl methyl sites for hydroxylation is 1. The van der Waals surface area contributed by atoms with E-state index in [4.69, 9.17) is 14.2 Å². The van der Waals surface area contributed by atoms with Gasteiger partial charge in [-0.15, -0.1) is 0 Å². The maximum Gasteiger partial charge on any atom is 0.325 e. The number of fused-ring (bicyclic) bond motifs is 1. The molecule has 3 aromatic carbocycles. The molecular formula is C26H23N3O6. The number of hydrogen-bond acceptors (Lipinski definition) is 6. The Morgan fingerprint density at radius 2 is 1.80 bits per heavy atom. The lowest BCUT2D eigenvalue weighted by atomic mass is 9.91. The van der Waals surface area contributed by atoms with Crippen LogP contribution < -0.4 is 24.8 Å². The van der Waals surface area contributed by atoms with E-state index in [-0.39, 0.29) is 6.79 Å². The predicted octanol–water partition coefficient (Wildman–Crippen LogP) is 3.92. The van der Waals surface area contributed by atoms with E-state index < -0.39 is 29.9 Å². The van der Waals surface area contributed by atoms with Crippen molar-refractivity contribution < 1.29 is 28.6 Å². The van der Waals surface area contributed by atoms with E-state index in [1.54, 1.807) is 49.4 Å². The van der Waals surface area contributed by atoms with Gasteiger partial charge in [0.2, 0.25) is 12.7 Å². The van der Waals surface area contributed by atoms with Crippen molar-refractivity contribution in [2.45, 2.75) is 19.4 Å². The van der Waals surface area contributed by atoms with E-state index in [2.05, 4.69) is 10.6 Å². The van der Waals surface area contributed by atoms with Crippen LogP contribution in [0.5, 0.6) is 23.0 Å². The Bertz CT molecular complexity index is 1320. The number of nitrogens with one attached hydrogen (secondary N) is 2. The van der Waals surface area contributed by atoms with Crippen molar-refractivity contribution in [3.8, 4) is 23.0 Å². The Hall–Kier alpha value is -4.53. The Morgan fingerprint density at radius 3 is 2.57 bits per heavy atom. The van der Waals surface area contributed by atoms with Gasteiger partial charge >= 0.3 is 6.03 Å². The lowest BCUT2D eigenvalue weighted by Gasteiger charge is -2.22. The molecule has 0 spiro atoms. The van der Waals surface area contributed by atoms with Gasteiger partial charge in [-0.25, -0.2) is 4.79 Å². The van der Waals surface area contributed by atoms with E-state index >= 15 is 0 Å². The zero-order valence-corrected chi connectivity index (χ0v) is 19.2. The molecule has 2 heterocycles. The van der Waals surface area contributed by atoms with Crippen molar-refractivity contribution in [3.05, 3.63) is 77.9 Å². The third-order valence-corrected chi connectivity index (χ3v) is 5.89. The van der Waals surface area contributed by atoms with Gasteiger partial charge in [0, 0.05) is 5.69 Å². The van der Waals surface area contributed by atoms with Gasteiger partial charge in [0.25, 0.3) is 5.91 Å². The summed E-state index contributed by atoms with van der Waals surface area (Å²) in [4.78, 5) is 39.2. The van der Waals surface area contributed by atoms with Gasteiger partial charge in [-0.3, -0.25) is 14.5 Å². The van der Waals surface area contributed by atoms with Gasteiger partial charge in [-0.05, 0) is 73.5 Å². The number of amides is 4. The SMILES string of the molecule is Cc1cccc(Oc2ccc(NC(=O)CN3C(=O)NC(C)(c4ccc5c(c4)OCO5)C3=O)cc2)c1. The number of carbonyl (C=O) groups excluding carboxylic acids is 3. The molecule has 1 saturated heterocycles. The average molecular weight is 473 g/mol. The minimum absolute atomic E-state index is 0.0983. The molecule has 1 fully saturated rings. The molecule has 0 aliphatic carbocycles. The number of carbonyl (C=O) groups is 3. The summed E-state index contributed by atoms with van der Waals surface area (Å²) in [5.41, 5.74) is 0.804. The molecule has 1 atom stereocenters. The average Bonchev–Trinajstić information content (AvgIpc) is 3.39. The third kappa shape index (κ3) is 4.35. The van der Waals surface area contributed by atoms with Crippen LogP contribution in [0.1, 0.15) is 18.1 Å². The van der Waals surface area contributed by atoms with Crippen LogP contribution in [0.15, 0.2) is 66.7 Å². The van der Waals surface area contributed by atoms with Crippen molar-refractivity contribution >= 4 is 23.5 Å². The molecule has 3 aromatic rings. The third-order valence-electron chi connectivity index (χ3n) is 5.89. The number of rotatable bonds is 6. The number of benzene rings is 3. The minimum Gasteiger partial charge on any atom is -0.457 e. The van der Waals surface area contributed by atoms with E-state index in [0.29, 0.717) is 34.2 Å². The number of nitrogens with zero attached hydrogens (tertiary/aromatic N) is 1. The summed E-state index contributed by atoms with van der Waals surface area (Å²) in [5, 5.41) is 5.39. The lowest BCUT2D eigenvalue weighted by Crippen LogP contribution is -2.42. The molecule has 0 aromatic heterocycles. The number of imide groups is 1. The Labute approximate surface area is 201 Å². The Kier molecular flexibility index (Phi) is 5.52. The van der Waals surface area contributed by atoms with Crippen molar-refractivity contribution in [3.63, 3.8) is 0 Å². The second kappa shape index (κ2) is 8.68. The van der Waals surface area contributed by atoms with Crippen LogP contribution in [0.25, 0.3) is 0 Å². The zero-order valence-electron chi connectivity index (χ0n) is 19.2. The summed E-state index contributed by atoms with van der Waals surface area (Å²) in [6.07, 6.45) is 0. The van der Waals surface area contributed by atoms with Crippen molar-refractivity contribution in [1.82, 2.24) is 10.2 Å². The van der Waals surface area contributed by atoms with E-state index in [1.165, 1.54) is 0 Å². The van der Waals surface area contributed by atoms with E-state index in [9.17, 15) is 14.4 Å². The molecule has 2 aliphatic rings. The summed E-state index contributed by atoms with van der Waals surface area (Å²) in [7, 11) is 0. The second-order valence-electron chi connectivity index (χ2n) is 8.51. The number of ether oxygens (including phenoxy) is 3. The molecule has 5 rings (SSSR count). The van der Waals surface area contributed by atoms with Gasteiger partial charge in [-0.1, -0.05) is 18.2 Å². The number of urea groups is 1. The molecule has 9 nitrogen and oxygen atoms in total. The number of hydrogen-bond donors (Lipinski definition) is 2. The fourth-order valence-electron chi connectivity index (χ4n) is 4.01. The van der Waals surface area contributed by atoms with Crippen molar-refractivity contribution in [2.24, 2.45) is 0 Å². The van der Waals surface area contributed by atoms with Crippen LogP contribution in [0.4, 0.5) is 10.5 Å². The molecule has 0 radical (unpaired) electrons. The van der Waals surface area contributed by atoms with Gasteiger partial charge in [0.15, 0.2) is 11.5 Å². The molecule has 0 bridgehead atoms. The van der Waals surface area contributed by atoms with Crippen LogP contribution >= 0.6 is 0 Å². The summed E-state index contributed by atoms with van der Waals surface area (Å²) in [6, 6.07) is 18.9. The van der Waals surface area contributed by atoms with E-state index in [0.717, 1.165) is 10.5 Å². The van der Waals surface area contributed by atoms with Crippen LogP contribution in [-0.4, -0.2) is 36.1 Å². The normalized spacial score (nSPS) is 18.4. The van der Waals surface area contributed by atoms with Crippen LogP contribution in [0.2, 0.25) is 0 Å². The highest BCUT2D eigenvalue weighted by molar-refractivity contribution is 6.10. The molecule has 178 valence electrons. The highest BCUT2D eigenvalue weighted by atomic mass is 16.7. The molecule has 9 heteroatoms. The fraction of sp³-hybridized carbons (Fsp3) is 0.192. The van der Waals surface area contributed by atoms with Gasteiger partial charge in [0.05, 0.1) is 0 Å². The quantitative estimate of drug-likeness (QED) is 0.526. The first kappa shape index (κ1) is 22.3. The molecule has 2 aliphatic heterocycles. The summed E-state index contributed by atoms with van der Waals surface area (Å²) in [5.74, 6) is 1.36. The standard InChI is InChI=1S/C26H23N3O6/c1-16-4-3-5-20(12-16)35-19-9-7-18(8-10-19)27-23(30)14-29-24(31)26(2,28-25(29)32)17-6-11-21-22(13-17)34-15-33-21/h3-13H,14-15H2,1-2H3,(H,27,30)(H,28,32). The van der Waals surface area contributed by atoms with Crippen molar-refractivity contribution in [2.75, 3.05) is 18.7 Å². The van der Waals surface area contributed by atoms with Gasteiger partial charge in [0.1, 0.15) is 23.6 Å². The van der Waals surface area contributed by atoms with Crippen LogP contribution in [-0.2, 0) is 15.1 Å². The van der Waals surface area contributed by atoms with Crippen LogP contribution in [0.3, 0.4) is 0 Å². The van der Waals surface area contributed by atoms with Crippen molar-refractivity contribution in [1.29, 1.82) is 0 Å². The summed E-state index contributed by atoms with van der Waals surface area (Å²) < 4.78 is 16.5. The summed E-state index contributed by atoms with van der Waals surface area (Å²) in [6.45, 7) is 3.25. The zero-order chi connectivity index (χ0) is 24.6. The van der Waals surface area contributed by atoms with Gasteiger partial charge < -0.3 is 24.8 Å². The predicted molar refractivity (Wildman–Crippen MR) is 126 cm³/mol. The first-order valence-electron chi connectivity index (χ1n) is 11.0. The largest absolute Gasteiger partial charge is 0.457 e. The molecule has 1 unspecified atom stereocenters. The van der Waals surface area contributed by atoms with Gasteiger partial charge in [-0.2, -0.15) is 0 Å². The highest BCUT2D eigenvalue weighted by Gasteiger charge is 2.49. The molecule has 35 heavy (non-hydrogen) atoms. The molecule has 4 amide bonds. The molecule has 0 saturated carbocycles. The van der Waals surface area contributed by atoms with Crippen LogP contribution in [0, 0.1) is 6.92 Å². The van der Waals surface area contributed by atoms with E-state index in [1.807, 2.05) is 31.2 Å². The first-order chi connectivity index (χ1) is 16.8. The smallest absolute Gasteiger partial charge is 0.325 e. The fourth-order valence-corrected chi connectivity index (χ4v) is 4.01. The Morgan fingerprint density at radius 1 is 1.03 bits per heavy atom. The molecule has 2 N–H and O–H groups in total. The molecular weight excluding hydrogens is 450 g/mol. The Balaban J connectivity index is 1.23.